The molecule has 104 valence electrons. The van der Waals surface area contributed by atoms with Gasteiger partial charge in [-0.15, -0.1) is 11.8 Å². The summed E-state index contributed by atoms with van der Waals surface area (Å²) in [6.45, 7) is 1.99. The maximum Gasteiger partial charge on any atom is 0.147 e. The van der Waals surface area contributed by atoms with E-state index in [1.54, 1.807) is 0 Å². The van der Waals surface area contributed by atoms with Gasteiger partial charge in [-0.2, -0.15) is 0 Å². The first kappa shape index (κ1) is 14.7. The molecule has 0 saturated heterocycles. The molecule has 0 aliphatic rings. The van der Waals surface area contributed by atoms with Gasteiger partial charge in [0.1, 0.15) is 17.4 Å². The number of hydrogen-bond donors (Lipinski definition) is 0. The van der Waals surface area contributed by atoms with Crippen molar-refractivity contribution in [2.75, 3.05) is 5.75 Å². The average molecular weight is 292 g/mol. The molecule has 0 atom stereocenters. The van der Waals surface area contributed by atoms with E-state index in [1.165, 1.54) is 30.0 Å². The lowest BCUT2D eigenvalue weighted by Crippen LogP contribution is -2.09. The van der Waals surface area contributed by atoms with Gasteiger partial charge in [-0.1, -0.05) is 23.8 Å². The van der Waals surface area contributed by atoms with Gasteiger partial charge in [-0.25, -0.2) is 8.78 Å². The number of carbonyl (C=O) groups is 1. The van der Waals surface area contributed by atoms with Crippen molar-refractivity contribution in [2.45, 2.75) is 18.2 Å². The molecule has 0 radical (unpaired) electrons. The maximum absolute atomic E-state index is 13.4. The molecule has 20 heavy (non-hydrogen) atoms. The molecule has 0 aromatic heterocycles. The molecule has 0 heterocycles. The minimum Gasteiger partial charge on any atom is -0.298 e. The van der Waals surface area contributed by atoms with Crippen molar-refractivity contribution >= 4 is 17.5 Å². The summed E-state index contributed by atoms with van der Waals surface area (Å²) in [7, 11) is 0. The van der Waals surface area contributed by atoms with E-state index >= 15 is 0 Å². The Hall–Kier alpha value is -1.68. The molecule has 0 aliphatic heterocycles. The molecule has 1 nitrogen and oxygen atoms in total. The predicted octanol–water partition coefficient (Wildman–Crippen LogP) is 4.18. The minimum atomic E-state index is -0.668. The zero-order chi connectivity index (χ0) is 14.5. The largest absolute Gasteiger partial charge is 0.298 e. The van der Waals surface area contributed by atoms with Crippen molar-refractivity contribution in [1.29, 1.82) is 0 Å². The summed E-state index contributed by atoms with van der Waals surface area (Å²) in [5.41, 5.74) is 0.996. The Morgan fingerprint density at radius 1 is 1.05 bits per heavy atom. The number of benzene rings is 2. The number of rotatable bonds is 5. The van der Waals surface area contributed by atoms with E-state index in [9.17, 15) is 13.6 Å². The third kappa shape index (κ3) is 3.90. The summed E-state index contributed by atoms with van der Waals surface area (Å²) >= 11 is 1.37. The second-order valence-corrected chi connectivity index (χ2v) is 5.57. The molecule has 0 unspecified atom stereocenters. The lowest BCUT2D eigenvalue weighted by atomic mass is 10.1. The smallest absolute Gasteiger partial charge is 0.147 e. The molecule has 0 fully saturated rings. The maximum atomic E-state index is 13.4. The number of carbonyl (C=O) groups excluding carboxylic acids is 1. The van der Waals surface area contributed by atoms with Crippen molar-refractivity contribution in [3.8, 4) is 0 Å². The van der Waals surface area contributed by atoms with E-state index in [0.29, 0.717) is 0 Å². The zero-order valence-corrected chi connectivity index (χ0v) is 11.8. The highest BCUT2D eigenvalue weighted by molar-refractivity contribution is 8.00. The van der Waals surface area contributed by atoms with Crippen LogP contribution in [-0.2, 0) is 11.2 Å². The van der Waals surface area contributed by atoms with E-state index in [-0.39, 0.29) is 23.5 Å². The van der Waals surface area contributed by atoms with E-state index in [1.807, 2.05) is 31.2 Å². The standard InChI is InChI=1S/C16H14F2OS/c1-11-5-7-13(8-6-11)20-10-12(19)9-14-15(17)3-2-4-16(14)18/h2-8H,9-10H2,1H3. The van der Waals surface area contributed by atoms with Crippen molar-refractivity contribution in [3.63, 3.8) is 0 Å². The van der Waals surface area contributed by atoms with Gasteiger partial charge >= 0.3 is 0 Å². The highest BCUT2D eigenvalue weighted by atomic mass is 32.2. The SMILES string of the molecule is Cc1ccc(SCC(=O)Cc2c(F)cccc2F)cc1. The van der Waals surface area contributed by atoms with Crippen LogP contribution in [0.2, 0.25) is 0 Å². The van der Waals surface area contributed by atoms with Gasteiger partial charge in [0.15, 0.2) is 0 Å². The van der Waals surface area contributed by atoms with Crippen LogP contribution >= 0.6 is 11.8 Å². The highest BCUT2D eigenvalue weighted by Crippen LogP contribution is 2.20. The summed E-state index contributed by atoms with van der Waals surface area (Å²) in [4.78, 5) is 12.8. The first-order valence-electron chi connectivity index (χ1n) is 6.20. The number of hydrogen-bond acceptors (Lipinski definition) is 2. The van der Waals surface area contributed by atoms with E-state index in [0.717, 1.165) is 10.5 Å². The van der Waals surface area contributed by atoms with Crippen LogP contribution in [0, 0.1) is 18.6 Å². The van der Waals surface area contributed by atoms with Crippen LogP contribution in [0.1, 0.15) is 11.1 Å². The summed E-state index contributed by atoms with van der Waals surface area (Å²) in [6.07, 6.45) is -0.211. The third-order valence-corrected chi connectivity index (χ3v) is 3.93. The van der Waals surface area contributed by atoms with Gasteiger partial charge < -0.3 is 0 Å². The molecule has 2 rings (SSSR count). The quantitative estimate of drug-likeness (QED) is 0.769. The molecule has 2 aromatic rings. The van der Waals surface area contributed by atoms with Gasteiger partial charge in [-0.3, -0.25) is 4.79 Å². The second kappa shape index (κ2) is 6.66. The lowest BCUT2D eigenvalue weighted by Gasteiger charge is -2.05. The van der Waals surface area contributed by atoms with Crippen molar-refractivity contribution in [1.82, 2.24) is 0 Å². The Labute approximate surface area is 121 Å². The van der Waals surface area contributed by atoms with Gasteiger partial charge in [0.2, 0.25) is 0 Å². The molecule has 2 aromatic carbocycles. The number of aryl methyl sites for hydroxylation is 1. The molecule has 0 aliphatic carbocycles. The first-order chi connectivity index (χ1) is 9.56. The Morgan fingerprint density at radius 3 is 2.25 bits per heavy atom. The summed E-state index contributed by atoms with van der Waals surface area (Å²) < 4.78 is 26.8. The van der Waals surface area contributed by atoms with Crippen LogP contribution < -0.4 is 0 Å². The van der Waals surface area contributed by atoms with Crippen LogP contribution in [-0.4, -0.2) is 11.5 Å². The lowest BCUT2D eigenvalue weighted by molar-refractivity contribution is -0.116. The van der Waals surface area contributed by atoms with Crippen molar-refractivity contribution in [2.24, 2.45) is 0 Å². The summed E-state index contributed by atoms with van der Waals surface area (Å²) in [5, 5.41) is 0. The van der Waals surface area contributed by atoms with E-state index in [2.05, 4.69) is 0 Å². The number of Topliss-reactive ketones (excluding diaryl/α,β-unsaturated/α-hetero) is 1. The molecular formula is C16H14F2OS. The van der Waals surface area contributed by atoms with Crippen molar-refractivity contribution < 1.29 is 13.6 Å². The molecule has 0 bridgehead atoms. The van der Waals surface area contributed by atoms with Gasteiger partial charge in [0, 0.05) is 16.9 Å². The number of thioether (sulfide) groups is 1. The Bertz CT molecular complexity index is 588. The molecule has 0 saturated carbocycles. The fourth-order valence-corrected chi connectivity index (χ4v) is 2.51. The van der Waals surface area contributed by atoms with Gasteiger partial charge in [0.05, 0.1) is 5.75 Å². The normalized spacial score (nSPS) is 10.6. The third-order valence-electron chi connectivity index (χ3n) is 2.86. The fourth-order valence-electron chi connectivity index (χ4n) is 1.75. The van der Waals surface area contributed by atoms with Crippen LogP contribution in [0.4, 0.5) is 8.78 Å². The molecule has 0 amide bonds. The molecule has 0 N–H and O–H groups in total. The predicted molar refractivity (Wildman–Crippen MR) is 77.0 cm³/mol. The topological polar surface area (TPSA) is 17.1 Å². The minimum absolute atomic E-state index is 0.151. The highest BCUT2D eigenvalue weighted by Gasteiger charge is 2.13. The van der Waals surface area contributed by atoms with Crippen LogP contribution in [0.25, 0.3) is 0 Å². The fraction of sp³-hybridized carbons (Fsp3) is 0.188. The van der Waals surface area contributed by atoms with Gasteiger partial charge in [-0.05, 0) is 31.2 Å². The number of ketones is 1. The second-order valence-electron chi connectivity index (χ2n) is 4.52. The molecule has 0 spiro atoms. The Balaban J connectivity index is 1.94. The van der Waals surface area contributed by atoms with Crippen LogP contribution in [0.15, 0.2) is 47.4 Å². The number of halogens is 2. The Kier molecular flexibility index (Phi) is 4.90. The monoisotopic (exact) mass is 292 g/mol. The van der Waals surface area contributed by atoms with E-state index in [4.69, 9.17) is 0 Å². The van der Waals surface area contributed by atoms with Crippen LogP contribution in [0.3, 0.4) is 0 Å². The summed E-state index contributed by atoms with van der Waals surface area (Å²) in [5.74, 6) is -1.33. The molecular weight excluding hydrogens is 278 g/mol. The van der Waals surface area contributed by atoms with Gasteiger partial charge in [0.25, 0.3) is 0 Å². The average Bonchev–Trinajstić information content (AvgIpc) is 2.42. The van der Waals surface area contributed by atoms with Crippen molar-refractivity contribution in [3.05, 3.63) is 65.2 Å². The molecule has 4 heteroatoms. The van der Waals surface area contributed by atoms with E-state index < -0.39 is 11.6 Å². The zero-order valence-electron chi connectivity index (χ0n) is 11.0. The Morgan fingerprint density at radius 2 is 1.65 bits per heavy atom. The first-order valence-corrected chi connectivity index (χ1v) is 7.19. The summed E-state index contributed by atoms with van der Waals surface area (Å²) in [6, 6.07) is 11.4. The van der Waals surface area contributed by atoms with Crippen LogP contribution in [0.5, 0.6) is 0 Å².